The largest absolute Gasteiger partial charge is 0.324 e. The van der Waals surface area contributed by atoms with E-state index in [1.54, 1.807) is 18.0 Å². The molecule has 0 saturated carbocycles. The number of fused-ring (bicyclic) bond motifs is 1. The lowest BCUT2D eigenvalue weighted by atomic mass is 10.1. The number of thioether (sulfide) groups is 1. The molecular weight excluding hydrogens is 246 g/mol. The summed E-state index contributed by atoms with van der Waals surface area (Å²) in [6, 6.07) is 9.50. The Labute approximate surface area is 109 Å². The molecule has 92 valence electrons. The molecule has 18 heavy (non-hydrogen) atoms. The minimum atomic E-state index is -0.0954. The van der Waals surface area contributed by atoms with Crippen LogP contribution in [0.3, 0.4) is 0 Å². The number of amides is 1. The second kappa shape index (κ2) is 4.96. The molecule has 1 amide bonds. The van der Waals surface area contributed by atoms with E-state index in [0.29, 0.717) is 0 Å². The van der Waals surface area contributed by atoms with Crippen LogP contribution >= 0.6 is 11.8 Å². The lowest BCUT2D eigenvalue weighted by Crippen LogP contribution is -2.37. The van der Waals surface area contributed by atoms with Gasteiger partial charge in [0.2, 0.25) is 5.91 Å². The molecule has 0 aliphatic carbocycles. The molecule has 1 aliphatic heterocycles. The van der Waals surface area contributed by atoms with E-state index in [-0.39, 0.29) is 11.9 Å². The highest BCUT2D eigenvalue weighted by atomic mass is 32.2. The van der Waals surface area contributed by atoms with Crippen molar-refractivity contribution in [1.29, 1.82) is 0 Å². The highest BCUT2D eigenvalue weighted by Crippen LogP contribution is 2.22. The predicted molar refractivity (Wildman–Crippen MR) is 74.6 cm³/mol. The van der Waals surface area contributed by atoms with Crippen molar-refractivity contribution in [1.82, 2.24) is 10.3 Å². The van der Waals surface area contributed by atoms with Gasteiger partial charge < -0.3 is 5.32 Å². The maximum absolute atomic E-state index is 12.1. The maximum atomic E-state index is 12.1. The van der Waals surface area contributed by atoms with Gasteiger partial charge >= 0.3 is 0 Å². The summed E-state index contributed by atoms with van der Waals surface area (Å²) in [6.07, 6.45) is 1.75. The number of pyridine rings is 1. The van der Waals surface area contributed by atoms with E-state index in [4.69, 9.17) is 0 Å². The van der Waals surface area contributed by atoms with Crippen LogP contribution in [-0.4, -0.2) is 28.6 Å². The number of nitrogens with one attached hydrogen (secondary N) is 2. The third-order valence-corrected chi connectivity index (χ3v) is 3.88. The van der Waals surface area contributed by atoms with E-state index in [1.165, 1.54) is 0 Å². The smallest absolute Gasteiger partial charge is 0.242 e. The fourth-order valence-electron chi connectivity index (χ4n) is 2.00. The van der Waals surface area contributed by atoms with Gasteiger partial charge in [0.25, 0.3) is 0 Å². The highest BCUT2D eigenvalue weighted by molar-refractivity contribution is 7.99. The van der Waals surface area contributed by atoms with Crippen LogP contribution in [0.15, 0.2) is 36.5 Å². The standard InChI is InChI=1S/C13H13N3OS/c17-13(12-7-18-8-15-12)16-11-5-1-4-10-9(11)3-2-6-14-10/h1-6,12,15H,7-8H2,(H,16,17). The fraction of sp³-hybridized carbons (Fsp3) is 0.231. The zero-order valence-electron chi connectivity index (χ0n) is 9.72. The lowest BCUT2D eigenvalue weighted by molar-refractivity contribution is -0.117. The molecule has 1 atom stereocenters. The normalized spacial score (nSPS) is 19.0. The van der Waals surface area contributed by atoms with Crippen LogP contribution in [0.4, 0.5) is 5.69 Å². The van der Waals surface area contributed by atoms with Crippen molar-refractivity contribution >= 4 is 34.3 Å². The summed E-state index contributed by atoms with van der Waals surface area (Å²) in [5.41, 5.74) is 1.72. The predicted octanol–water partition coefficient (Wildman–Crippen LogP) is 1.84. The first-order chi connectivity index (χ1) is 8.84. The SMILES string of the molecule is O=C(Nc1cccc2ncccc12)C1CSCN1. The van der Waals surface area contributed by atoms with E-state index in [1.807, 2.05) is 30.3 Å². The summed E-state index contributed by atoms with van der Waals surface area (Å²) in [5, 5.41) is 7.10. The fourth-order valence-corrected chi connectivity index (χ4v) is 2.94. The van der Waals surface area contributed by atoms with Crippen molar-refractivity contribution in [3.8, 4) is 0 Å². The summed E-state index contributed by atoms with van der Waals surface area (Å²) < 4.78 is 0. The Balaban J connectivity index is 1.88. The number of aromatic nitrogens is 1. The first-order valence-corrected chi connectivity index (χ1v) is 6.96. The molecule has 2 aromatic rings. The Morgan fingerprint density at radius 3 is 3.17 bits per heavy atom. The topological polar surface area (TPSA) is 54.0 Å². The molecule has 0 radical (unpaired) electrons. The number of carbonyl (C=O) groups is 1. The van der Waals surface area contributed by atoms with E-state index in [2.05, 4.69) is 15.6 Å². The molecule has 1 unspecified atom stereocenters. The monoisotopic (exact) mass is 259 g/mol. The molecule has 1 aromatic heterocycles. The van der Waals surface area contributed by atoms with Crippen molar-refractivity contribution in [3.63, 3.8) is 0 Å². The lowest BCUT2D eigenvalue weighted by Gasteiger charge is -2.12. The Morgan fingerprint density at radius 2 is 2.33 bits per heavy atom. The number of hydrogen-bond acceptors (Lipinski definition) is 4. The summed E-state index contributed by atoms with van der Waals surface area (Å²) in [4.78, 5) is 16.3. The minimum absolute atomic E-state index is 0.0244. The van der Waals surface area contributed by atoms with Crippen molar-refractivity contribution in [3.05, 3.63) is 36.5 Å². The van der Waals surface area contributed by atoms with Crippen molar-refractivity contribution in [2.24, 2.45) is 0 Å². The molecule has 1 fully saturated rings. The molecule has 1 aromatic carbocycles. The van der Waals surface area contributed by atoms with Gasteiger partial charge in [0.1, 0.15) is 0 Å². The van der Waals surface area contributed by atoms with Gasteiger partial charge in [-0.3, -0.25) is 15.1 Å². The molecule has 1 aliphatic rings. The number of benzene rings is 1. The average molecular weight is 259 g/mol. The Hall–Kier alpha value is -1.59. The second-order valence-corrected chi connectivity index (χ2v) is 5.17. The van der Waals surface area contributed by atoms with Crippen molar-refractivity contribution < 1.29 is 4.79 Å². The Morgan fingerprint density at radius 1 is 1.39 bits per heavy atom. The number of carbonyl (C=O) groups excluding carboxylic acids is 1. The van der Waals surface area contributed by atoms with Crippen LogP contribution in [0.5, 0.6) is 0 Å². The summed E-state index contributed by atoms with van der Waals surface area (Å²) in [6.45, 7) is 0. The van der Waals surface area contributed by atoms with Crippen LogP contribution in [0.2, 0.25) is 0 Å². The van der Waals surface area contributed by atoms with Gasteiger partial charge in [-0.05, 0) is 24.3 Å². The molecule has 5 heteroatoms. The third-order valence-electron chi connectivity index (χ3n) is 2.94. The highest BCUT2D eigenvalue weighted by Gasteiger charge is 2.22. The van der Waals surface area contributed by atoms with Gasteiger partial charge in [-0.25, -0.2) is 0 Å². The molecule has 0 bridgehead atoms. The zero-order valence-corrected chi connectivity index (χ0v) is 10.5. The minimum Gasteiger partial charge on any atom is -0.324 e. The quantitative estimate of drug-likeness (QED) is 0.864. The number of hydrogen-bond donors (Lipinski definition) is 2. The van der Waals surface area contributed by atoms with Gasteiger partial charge in [-0.2, -0.15) is 0 Å². The summed E-state index contributed by atoms with van der Waals surface area (Å²) >= 11 is 1.74. The van der Waals surface area contributed by atoms with E-state index in [0.717, 1.165) is 28.2 Å². The number of anilines is 1. The second-order valence-electron chi connectivity index (χ2n) is 4.14. The zero-order chi connectivity index (χ0) is 12.4. The first-order valence-electron chi connectivity index (χ1n) is 5.80. The van der Waals surface area contributed by atoms with Crippen LogP contribution in [0.25, 0.3) is 10.9 Å². The van der Waals surface area contributed by atoms with Gasteiger partial charge in [-0.15, -0.1) is 11.8 Å². The van der Waals surface area contributed by atoms with E-state index in [9.17, 15) is 4.79 Å². The van der Waals surface area contributed by atoms with Gasteiger partial charge in [0.15, 0.2) is 0 Å². The van der Waals surface area contributed by atoms with Gasteiger partial charge in [0, 0.05) is 23.2 Å². The number of nitrogens with zero attached hydrogens (tertiary/aromatic N) is 1. The van der Waals surface area contributed by atoms with Crippen molar-refractivity contribution in [2.45, 2.75) is 6.04 Å². The molecule has 2 heterocycles. The third kappa shape index (κ3) is 2.19. The molecule has 0 spiro atoms. The Kier molecular flexibility index (Phi) is 3.17. The van der Waals surface area contributed by atoms with E-state index >= 15 is 0 Å². The van der Waals surface area contributed by atoms with E-state index < -0.39 is 0 Å². The Bertz CT molecular complexity index is 576. The molecule has 1 saturated heterocycles. The van der Waals surface area contributed by atoms with Crippen LogP contribution in [0, 0.1) is 0 Å². The summed E-state index contributed by atoms with van der Waals surface area (Å²) in [7, 11) is 0. The van der Waals surface area contributed by atoms with Crippen LogP contribution in [0.1, 0.15) is 0 Å². The molecule has 2 N–H and O–H groups in total. The maximum Gasteiger partial charge on any atom is 0.242 e. The first kappa shape index (κ1) is 11.5. The molecule has 4 nitrogen and oxygen atoms in total. The number of rotatable bonds is 2. The van der Waals surface area contributed by atoms with Gasteiger partial charge in [0.05, 0.1) is 17.2 Å². The van der Waals surface area contributed by atoms with Crippen molar-refractivity contribution in [2.75, 3.05) is 16.9 Å². The summed E-state index contributed by atoms with van der Waals surface area (Å²) in [5.74, 6) is 1.70. The van der Waals surface area contributed by atoms with Crippen LogP contribution in [-0.2, 0) is 4.79 Å². The van der Waals surface area contributed by atoms with Crippen LogP contribution < -0.4 is 10.6 Å². The molecule has 3 rings (SSSR count). The molecular formula is C13H13N3OS. The van der Waals surface area contributed by atoms with Gasteiger partial charge in [-0.1, -0.05) is 6.07 Å². The average Bonchev–Trinajstić information content (AvgIpc) is 2.93.